The predicted molar refractivity (Wildman–Crippen MR) is 83.8 cm³/mol. The van der Waals surface area contributed by atoms with Crippen LogP contribution in [0.15, 0.2) is 18.3 Å². The van der Waals surface area contributed by atoms with Gasteiger partial charge in [-0.1, -0.05) is 0 Å². The Morgan fingerprint density at radius 1 is 1.24 bits per heavy atom. The van der Waals surface area contributed by atoms with Crippen molar-refractivity contribution < 1.29 is 9.53 Å². The fourth-order valence-corrected chi connectivity index (χ4v) is 2.12. The highest BCUT2D eigenvalue weighted by Gasteiger charge is 2.17. The van der Waals surface area contributed by atoms with E-state index in [-0.39, 0.29) is 0 Å². The third-order valence-electron chi connectivity index (χ3n) is 3.25. The number of aromatic nitrogens is 1. The van der Waals surface area contributed by atoms with Crippen LogP contribution < -0.4 is 10.2 Å². The minimum Gasteiger partial charge on any atom is -0.444 e. The standard InChI is InChI=1S/C15H24N4O2/c1-15(2,3)21-14(20)17-13-6-5-12(11-16-13)19-9-7-18(4)8-10-19/h5-6,11H,7-10H2,1-4H3,(H,16,17,20). The quantitative estimate of drug-likeness (QED) is 0.905. The van der Waals surface area contributed by atoms with Gasteiger partial charge in [-0.2, -0.15) is 0 Å². The normalized spacial score (nSPS) is 16.7. The van der Waals surface area contributed by atoms with Crippen molar-refractivity contribution in [2.45, 2.75) is 26.4 Å². The maximum absolute atomic E-state index is 11.7. The summed E-state index contributed by atoms with van der Waals surface area (Å²) in [4.78, 5) is 20.5. The Labute approximate surface area is 126 Å². The SMILES string of the molecule is CN1CCN(c2ccc(NC(=O)OC(C)(C)C)nc2)CC1. The van der Waals surface area contributed by atoms with Gasteiger partial charge in [0, 0.05) is 26.2 Å². The topological polar surface area (TPSA) is 57.7 Å². The van der Waals surface area contributed by atoms with Gasteiger partial charge in [0.15, 0.2) is 0 Å². The van der Waals surface area contributed by atoms with Crippen LogP contribution in [-0.2, 0) is 4.74 Å². The number of piperazine rings is 1. The number of anilines is 2. The lowest BCUT2D eigenvalue weighted by Gasteiger charge is -2.33. The molecule has 0 aromatic carbocycles. The number of nitrogens with zero attached hydrogens (tertiary/aromatic N) is 3. The van der Waals surface area contributed by atoms with Crippen molar-refractivity contribution in [1.82, 2.24) is 9.88 Å². The van der Waals surface area contributed by atoms with E-state index in [1.165, 1.54) is 0 Å². The lowest BCUT2D eigenvalue weighted by atomic mass is 10.2. The Bertz CT molecular complexity index is 473. The minimum atomic E-state index is -0.510. The van der Waals surface area contributed by atoms with E-state index in [0.29, 0.717) is 5.82 Å². The van der Waals surface area contributed by atoms with Gasteiger partial charge in [-0.25, -0.2) is 9.78 Å². The second-order valence-electron chi connectivity index (χ2n) is 6.32. The molecule has 1 aliphatic heterocycles. The summed E-state index contributed by atoms with van der Waals surface area (Å²) in [5, 5.41) is 2.64. The predicted octanol–water partition coefficient (Wildman–Crippen LogP) is 2.18. The first-order chi connectivity index (χ1) is 9.83. The molecule has 1 amide bonds. The van der Waals surface area contributed by atoms with Crippen molar-refractivity contribution in [3.8, 4) is 0 Å². The van der Waals surface area contributed by atoms with E-state index in [4.69, 9.17) is 4.74 Å². The first-order valence-electron chi connectivity index (χ1n) is 7.23. The summed E-state index contributed by atoms with van der Waals surface area (Å²) in [6, 6.07) is 3.78. The molecule has 1 aromatic rings. The Kier molecular flexibility index (Phi) is 4.67. The molecule has 0 atom stereocenters. The number of pyridine rings is 1. The third kappa shape index (κ3) is 4.90. The van der Waals surface area contributed by atoms with Crippen molar-refractivity contribution in [2.75, 3.05) is 43.4 Å². The molecule has 1 fully saturated rings. The van der Waals surface area contributed by atoms with Crippen LogP contribution in [0.25, 0.3) is 0 Å². The first kappa shape index (κ1) is 15.6. The Balaban J connectivity index is 1.91. The van der Waals surface area contributed by atoms with Crippen LogP contribution in [0.2, 0.25) is 0 Å². The summed E-state index contributed by atoms with van der Waals surface area (Å²) in [7, 11) is 2.13. The molecule has 1 aliphatic rings. The molecule has 2 rings (SSSR count). The van der Waals surface area contributed by atoms with E-state index in [1.54, 1.807) is 12.3 Å². The van der Waals surface area contributed by atoms with Crippen LogP contribution in [0.5, 0.6) is 0 Å². The molecule has 0 unspecified atom stereocenters. The molecule has 6 heteroatoms. The molecule has 116 valence electrons. The zero-order valence-corrected chi connectivity index (χ0v) is 13.2. The van der Waals surface area contributed by atoms with Crippen molar-refractivity contribution in [3.05, 3.63) is 18.3 Å². The Morgan fingerprint density at radius 3 is 2.43 bits per heavy atom. The Hall–Kier alpha value is -1.82. The smallest absolute Gasteiger partial charge is 0.413 e. The highest BCUT2D eigenvalue weighted by Crippen LogP contribution is 2.17. The number of likely N-dealkylation sites (N-methyl/N-ethyl adjacent to an activating group) is 1. The summed E-state index contributed by atoms with van der Waals surface area (Å²) < 4.78 is 5.19. The van der Waals surface area contributed by atoms with E-state index in [1.807, 2.05) is 26.8 Å². The summed E-state index contributed by atoms with van der Waals surface area (Å²) >= 11 is 0. The van der Waals surface area contributed by atoms with E-state index < -0.39 is 11.7 Å². The van der Waals surface area contributed by atoms with Crippen LogP contribution in [0, 0.1) is 0 Å². The molecule has 21 heavy (non-hydrogen) atoms. The number of hydrogen-bond donors (Lipinski definition) is 1. The van der Waals surface area contributed by atoms with Gasteiger partial charge in [-0.05, 0) is 40.0 Å². The molecular weight excluding hydrogens is 268 g/mol. The van der Waals surface area contributed by atoms with Crippen molar-refractivity contribution in [3.63, 3.8) is 0 Å². The van der Waals surface area contributed by atoms with Crippen LogP contribution in [0.3, 0.4) is 0 Å². The van der Waals surface area contributed by atoms with E-state index in [9.17, 15) is 4.79 Å². The van der Waals surface area contributed by atoms with E-state index >= 15 is 0 Å². The molecule has 1 N–H and O–H groups in total. The average Bonchev–Trinajstić information content (AvgIpc) is 2.38. The molecule has 0 spiro atoms. The maximum Gasteiger partial charge on any atom is 0.413 e. The first-order valence-corrected chi connectivity index (χ1v) is 7.23. The molecule has 2 heterocycles. The van der Waals surface area contributed by atoms with Gasteiger partial charge in [0.2, 0.25) is 0 Å². The number of amides is 1. The number of carbonyl (C=O) groups excluding carboxylic acids is 1. The summed E-state index contributed by atoms with van der Waals surface area (Å²) in [5.74, 6) is 0.502. The zero-order valence-electron chi connectivity index (χ0n) is 13.2. The van der Waals surface area contributed by atoms with Gasteiger partial charge in [-0.15, -0.1) is 0 Å². The second kappa shape index (κ2) is 6.30. The van der Waals surface area contributed by atoms with Crippen molar-refractivity contribution in [2.24, 2.45) is 0 Å². The highest BCUT2D eigenvalue weighted by molar-refractivity contribution is 5.83. The molecule has 0 saturated carbocycles. The molecule has 1 aromatic heterocycles. The minimum absolute atomic E-state index is 0.484. The van der Waals surface area contributed by atoms with Gasteiger partial charge in [0.05, 0.1) is 11.9 Å². The van der Waals surface area contributed by atoms with Gasteiger partial charge in [-0.3, -0.25) is 5.32 Å². The zero-order chi connectivity index (χ0) is 15.5. The van der Waals surface area contributed by atoms with Crippen LogP contribution in [0.4, 0.5) is 16.3 Å². The number of nitrogens with one attached hydrogen (secondary N) is 1. The lowest BCUT2D eigenvalue weighted by Crippen LogP contribution is -2.44. The number of carbonyl (C=O) groups is 1. The maximum atomic E-state index is 11.7. The number of ether oxygens (including phenoxy) is 1. The van der Waals surface area contributed by atoms with Crippen LogP contribution >= 0.6 is 0 Å². The monoisotopic (exact) mass is 292 g/mol. The van der Waals surface area contributed by atoms with E-state index in [0.717, 1.165) is 31.9 Å². The highest BCUT2D eigenvalue weighted by atomic mass is 16.6. The fraction of sp³-hybridized carbons (Fsp3) is 0.600. The van der Waals surface area contributed by atoms with Crippen molar-refractivity contribution >= 4 is 17.6 Å². The van der Waals surface area contributed by atoms with Gasteiger partial charge in [0.1, 0.15) is 11.4 Å². The van der Waals surface area contributed by atoms with Crippen molar-refractivity contribution in [1.29, 1.82) is 0 Å². The summed E-state index contributed by atoms with van der Waals surface area (Å²) in [6.45, 7) is 9.59. The molecule has 0 aliphatic carbocycles. The lowest BCUT2D eigenvalue weighted by molar-refractivity contribution is 0.0635. The fourth-order valence-electron chi connectivity index (χ4n) is 2.12. The van der Waals surface area contributed by atoms with Crippen LogP contribution in [-0.4, -0.2) is 54.8 Å². The summed E-state index contributed by atoms with van der Waals surface area (Å²) in [5.41, 5.74) is 0.571. The molecule has 1 saturated heterocycles. The average molecular weight is 292 g/mol. The molecule has 0 bridgehead atoms. The van der Waals surface area contributed by atoms with Gasteiger partial charge >= 0.3 is 6.09 Å². The van der Waals surface area contributed by atoms with E-state index in [2.05, 4.69) is 27.1 Å². The largest absolute Gasteiger partial charge is 0.444 e. The third-order valence-corrected chi connectivity index (χ3v) is 3.25. The van der Waals surface area contributed by atoms with Crippen LogP contribution in [0.1, 0.15) is 20.8 Å². The number of rotatable bonds is 2. The molecular formula is C15H24N4O2. The Morgan fingerprint density at radius 2 is 1.90 bits per heavy atom. The molecule has 6 nitrogen and oxygen atoms in total. The van der Waals surface area contributed by atoms with Gasteiger partial charge in [0.25, 0.3) is 0 Å². The second-order valence-corrected chi connectivity index (χ2v) is 6.32. The number of hydrogen-bond acceptors (Lipinski definition) is 5. The molecule has 0 radical (unpaired) electrons. The van der Waals surface area contributed by atoms with Gasteiger partial charge < -0.3 is 14.5 Å². The summed E-state index contributed by atoms with van der Waals surface area (Å²) in [6.07, 6.45) is 1.31.